The predicted molar refractivity (Wildman–Crippen MR) is 84.4 cm³/mol. The molecular weight excluding hydrogens is 300 g/mol. The minimum Gasteiger partial charge on any atom is -0.480 e. The van der Waals surface area contributed by atoms with Crippen molar-refractivity contribution < 1.29 is 14.7 Å². The van der Waals surface area contributed by atoms with E-state index in [1.807, 2.05) is 26.8 Å². The standard InChI is InChI=1S/C16H18N2O3S/c1-16(2,3)18-12(19)9-22-14(15(20)21)13(18)11-6-4-10(8-17)5-7-11/h4-7,13-14H,9H2,1-3H3,(H,20,21)/t13-,14+/m1/s1. The molecule has 0 unspecified atom stereocenters. The summed E-state index contributed by atoms with van der Waals surface area (Å²) in [5.74, 6) is -0.827. The van der Waals surface area contributed by atoms with E-state index in [0.717, 1.165) is 17.3 Å². The number of hydrogen-bond acceptors (Lipinski definition) is 4. The Morgan fingerprint density at radius 3 is 2.41 bits per heavy atom. The molecule has 0 radical (unpaired) electrons. The van der Waals surface area contributed by atoms with Crippen LogP contribution in [0.5, 0.6) is 0 Å². The van der Waals surface area contributed by atoms with Gasteiger partial charge in [-0.1, -0.05) is 12.1 Å². The Morgan fingerprint density at radius 2 is 1.95 bits per heavy atom. The first-order valence-corrected chi connectivity index (χ1v) is 7.97. The van der Waals surface area contributed by atoms with E-state index >= 15 is 0 Å². The minimum atomic E-state index is -0.930. The predicted octanol–water partition coefficient (Wildman–Crippen LogP) is 2.43. The Hall–Kier alpha value is -2.00. The summed E-state index contributed by atoms with van der Waals surface area (Å²) in [7, 11) is 0. The first-order chi connectivity index (χ1) is 10.3. The molecule has 2 atom stereocenters. The summed E-state index contributed by atoms with van der Waals surface area (Å²) < 4.78 is 0. The van der Waals surface area contributed by atoms with Crippen molar-refractivity contribution in [1.82, 2.24) is 4.90 Å². The highest BCUT2D eigenvalue weighted by atomic mass is 32.2. The van der Waals surface area contributed by atoms with Crippen LogP contribution in [0.15, 0.2) is 24.3 Å². The van der Waals surface area contributed by atoms with Gasteiger partial charge in [0.15, 0.2) is 0 Å². The van der Waals surface area contributed by atoms with Crippen LogP contribution in [0.4, 0.5) is 0 Å². The Kier molecular flexibility index (Phi) is 4.47. The van der Waals surface area contributed by atoms with Gasteiger partial charge in [0.25, 0.3) is 0 Å². The lowest BCUT2D eigenvalue weighted by molar-refractivity contribution is -0.143. The molecule has 1 saturated heterocycles. The molecule has 1 heterocycles. The van der Waals surface area contributed by atoms with Crippen molar-refractivity contribution in [2.75, 3.05) is 5.75 Å². The maximum absolute atomic E-state index is 12.4. The zero-order chi connectivity index (χ0) is 16.5. The van der Waals surface area contributed by atoms with E-state index in [1.54, 1.807) is 29.2 Å². The lowest BCUT2D eigenvalue weighted by Gasteiger charge is -2.46. The van der Waals surface area contributed by atoms with E-state index in [-0.39, 0.29) is 11.7 Å². The zero-order valence-electron chi connectivity index (χ0n) is 12.7. The summed E-state index contributed by atoms with van der Waals surface area (Å²) in [4.78, 5) is 25.7. The summed E-state index contributed by atoms with van der Waals surface area (Å²) in [5, 5.41) is 17.7. The van der Waals surface area contributed by atoms with E-state index in [1.165, 1.54) is 0 Å². The SMILES string of the molecule is CC(C)(C)N1C(=O)CS[C@H](C(=O)O)[C@H]1c1ccc(C#N)cc1. The number of nitrogens with zero attached hydrogens (tertiary/aromatic N) is 2. The van der Waals surface area contributed by atoms with Crippen LogP contribution in [0.1, 0.15) is 37.9 Å². The number of carbonyl (C=O) groups is 2. The van der Waals surface area contributed by atoms with Crippen molar-refractivity contribution in [2.24, 2.45) is 0 Å². The summed E-state index contributed by atoms with van der Waals surface area (Å²) in [6.07, 6.45) is 0. The van der Waals surface area contributed by atoms with Crippen LogP contribution >= 0.6 is 11.8 Å². The second-order valence-electron chi connectivity index (χ2n) is 6.18. The lowest BCUT2D eigenvalue weighted by Crippen LogP contribution is -2.55. The van der Waals surface area contributed by atoms with Crippen molar-refractivity contribution in [3.63, 3.8) is 0 Å². The third-order valence-corrected chi connectivity index (χ3v) is 4.80. The Morgan fingerprint density at radius 1 is 1.36 bits per heavy atom. The summed E-state index contributed by atoms with van der Waals surface area (Å²) >= 11 is 1.16. The molecule has 0 aromatic heterocycles. The van der Waals surface area contributed by atoms with E-state index in [9.17, 15) is 14.7 Å². The molecule has 6 heteroatoms. The molecule has 1 aromatic carbocycles. The molecule has 0 aliphatic carbocycles. The van der Waals surface area contributed by atoms with Crippen molar-refractivity contribution in [3.8, 4) is 6.07 Å². The molecule has 116 valence electrons. The minimum absolute atomic E-state index is 0.0654. The van der Waals surface area contributed by atoms with Gasteiger partial charge in [-0.2, -0.15) is 5.26 Å². The van der Waals surface area contributed by atoms with Crippen molar-refractivity contribution in [2.45, 2.75) is 37.6 Å². The fourth-order valence-corrected chi connectivity index (χ4v) is 3.75. The number of benzene rings is 1. The van der Waals surface area contributed by atoms with Gasteiger partial charge in [0, 0.05) is 5.54 Å². The molecule has 1 amide bonds. The van der Waals surface area contributed by atoms with Crippen LogP contribution in [0.3, 0.4) is 0 Å². The van der Waals surface area contributed by atoms with Gasteiger partial charge in [-0.3, -0.25) is 9.59 Å². The quantitative estimate of drug-likeness (QED) is 0.905. The normalized spacial score (nSPS) is 22.3. The average Bonchev–Trinajstić information content (AvgIpc) is 2.45. The van der Waals surface area contributed by atoms with Gasteiger partial charge in [-0.15, -0.1) is 11.8 Å². The average molecular weight is 318 g/mol. The van der Waals surface area contributed by atoms with E-state index < -0.39 is 22.8 Å². The molecular formula is C16H18N2O3S. The first-order valence-electron chi connectivity index (χ1n) is 6.92. The van der Waals surface area contributed by atoms with E-state index in [0.29, 0.717) is 5.56 Å². The highest BCUT2D eigenvalue weighted by Crippen LogP contribution is 2.41. The number of hydrogen-bond donors (Lipinski definition) is 1. The molecule has 1 fully saturated rings. The number of nitriles is 1. The molecule has 0 saturated carbocycles. The number of rotatable bonds is 2. The molecule has 0 bridgehead atoms. The van der Waals surface area contributed by atoms with Gasteiger partial charge in [-0.05, 0) is 38.5 Å². The molecule has 1 aromatic rings. The molecule has 1 aliphatic heterocycles. The second kappa shape index (κ2) is 6.01. The van der Waals surface area contributed by atoms with Crippen molar-refractivity contribution in [1.29, 1.82) is 5.26 Å². The third kappa shape index (κ3) is 3.09. The molecule has 1 N–H and O–H groups in total. The van der Waals surface area contributed by atoms with Gasteiger partial charge in [0.1, 0.15) is 5.25 Å². The third-order valence-electron chi connectivity index (χ3n) is 3.57. The largest absolute Gasteiger partial charge is 0.480 e. The van der Waals surface area contributed by atoms with Crippen molar-refractivity contribution in [3.05, 3.63) is 35.4 Å². The van der Waals surface area contributed by atoms with Crippen LogP contribution in [-0.4, -0.2) is 38.4 Å². The smallest absolute Gasteiger partial charge is 0.319 e. The number of thioether (sulfide) groups is 1. The summed E-state index contributed by atoms with van der Waals surface area (Å²) in [6.45, 7) is 5.70. The number of carbonyl (C=O) groups excluding carboxylic acids is 1. The maximum Gasteiger partial charge on any atom is 0.319 e. The van der Waals surface area contributed by atoms with Crippen LogP contribution < -0.4 is 0 Å². The monoisotopic (exact) mass is 318 g/mol. The lowest BCUT2D eigenvalue weighted by atomic mass is 9.94. The molecule has 2 rings (SSSR count). The molecule has 22 heavy (non-hydrogen) atoms. The van der Waals surface area contributed by atoms with Gasteiger partial charge in [0.2, 0.25) is 5.91 Å². The maximum atomic E-state index is 12.4. The Bertz CT molecular complexity index is 628. The Labute approximate surface area is 133 Å². The second-order valence-corrected chi connectivity index (χ2v) is 7.31. The van der Waals surface area contributed by atoms with Crippen LogP contribution in [-0.2, 0) is 9.59 Å². The molecule has 1 aliphatic rings. The first kappa shape index (κ1) is 16.4. The summed E-state index contributed by atoms with van der Waals surface area (Å²) in [6, 6.07) is 8.26. The van der Waals surface area contributed by atoms with Gasteiger partial charge in [0.05, 0.1) is 23.4 Å². The number of amides is 1. The van der Waals surface area contributed by atoms with Crippen LogP contribution in [0.2, 0.25) is 0 Å². The molecule has 5 nitrogen and oxygen atoms in total. The highest BCUT2D eigenvalue weighted by Gasteiger charge is 2.45. The number of aliphatic carboxylic acids is 1. The van der Waals surface area contributed by atoms with Gasteiger partial charge < -0.3 is 10.0 Å². The zero-order valence-corrected chi connectivity index (χ0v) is 13.6. The van der Waals surface area contributed by atoms with E-state index in [2.05, 4.69) is 0 Å². The highest BCUT2D eigenvalue weighted by molar-refractivity contribution is 8.01. The van der Waals surface area contributed by atoms with Gasteiger partial charge >= 0.3 is 5.97 Å². The topological polar surface area (TPSA) is 81.4 Å². The van der Waals surface area contributed by atoms with Crippen LogP contribution in [0.25, 0.3) is 0 Å². The number of carboxylic acids is 1. The summed E-state index contributed by atoms with van der Waals surface area (Å²) in [5.41, 5.74) is 0.763. The fraction of sp³-hybridized carbons (Fsp3) is 0.438. The van der Waals surface area contributed by atoms with Crippen molar-refractivity contribution >= 4 is 23.6 Å². The number of carboxylic acid groups (broad SMARTS) is 1. The van der Waals surface area contributed by atoms with Gasteiger partial charge in [-0.25, -0.2) is 0 Å². The fourth-order valence-electron chi connectivity index (χ4n) is 2.69. The molecule has 0 spiro atoms. The van der Waals surface area contributed by atoms with E-state index in [4.69, 9.17) is 5.26 Å². The van der Waals surface area contributed by atoms with Crippen LogP contribution in [0, 0.1) is 11.3 Å². The Balaban J connectivity index is 2.52.